The molecule has 0 saturated heterocycles. The molecule has 0 radical (unpaired) electrons. The molecule has 0 fully saturated rings. The fraction of sp³-hybridized carbons (Fsp3) is 0.167. The summed E-state index contributed by atoms with van der Waals surface area (Å²) < 4.78 is 38.0. The lowest BCUT2D eigenvalue weighted by atomic mass is 9.98. The quantitative estimate of drug-likeness (QED) is 0.672. The smallest absolute Gasteiger partial charge is 0.316 e. The second-order valence-corrected chi connectivity index (χ2v) is 4.00. The maximum absolute atomic E-state index is 12.7. The SMILES string of the molecule is N[C@@H](c1cccc2c([N+](=O)[O-])cccc12)C(F)(F)F. The first-order valence-corrected chi connectivity index (χ1v) is 5.30. The highest BCUT2D eigenvalue weighted by Gasteiger charge is 2.38. The number of benzene rings is 2. The summed E-state index contributed by atoms with van der Waals surface area (Å²) in [7, 11) is 0. The van der Waals surface area contributed by atoms with E-state index in [1.807, 2.05) is 0 Å². The molecule has 19 heavy (non-hydrogen) atoms. The van der Waals surface area contributed by atoms with Gasteiger partial charge < -0.3 is 5.73 Å². The standard InChI is InChI=1S/C12H9F3N2O2/c13-12(14,15)11(16)9-5-1-4-8-7(9)3-2-6-10(8)17(18)19/h1-6,11H,16H2/t11-/m0/s1. The molecule has 1 atom stereocenters. The van der Waals surface area contributed by atoms with Gasteiger partial charge in [-0.15, -0.1) is 0 Å². The highest BCUT2D eigenvalue weighted by molar-refractivity contribution is 5.93. The Hall–Kier alpha value is -2.15. The number of non-ortho nitro benzene ring substituents is 1. The predicted molar refractivity (Wildman–Crippen MR) is 63.6 cm³/mol. The lowest BCUT2D eigenvalue weighted by Crippen LogP contribution is -2.28. The van der Waals surface area contributed by atoms with E-state index in [1.165, 1.54) is 36.4 Å². The van der Waals surface area contributed by atoms with Crippen LogP contribution in [-0.4, -0.2) is 11.1 Å². The molecule has 2 rings (SSSR count). The Morgan fingerprint density at radius 2 is 1.68 bits per heavy atom. The zero-order valence-corrected chi connectivity index (χ0v) is 9.52. The molecule has 100 valence electrons. The van der Waals surface area contributed by atoms with Gasteiger partial charge in [0.2, 0.25) is 0 Å². The second kappa shape index (κ2) is 4.51. The van der Waals surface area contributed by atoms with Crippen LogP contribution < -0.4 is 5.73 Å². The van der Waals surface area contributed by atoms with Crippen molar-refractivity contribution in [2.45, 2.75) is 12.2 Å². The van der Waals surface area contributed by atoms with Crippen LogP contribution in [0, 0.1) is 10.1 Å². The zero-order valence-electron chi connectivity index (χ0n) is 9.52. The number of hydrogen-bond donors (Lipinski definition) is 1. The van der Waals surface area contributed by atoms with Gasteiger partial charge in [-0.3, -0.25) is 10.1 Å². The van der Waals surface area contributed by atoms with Crippen LogP contribution in [-0.2, 0) is 0 Å². The number of nitro benzene ring substituents is 1. The number of nitro groups is 1. The largest absolute Gasteiger partial charge is 0.407 e. The number of nitrogens with two attached hydrogens (primary N) is 1. The molecule has 2 aromatic carbocycles. The van der Waals surface area contributed by atoms with E-state index >= 15 is 0 Å². The molecule has 7 heteroatoms. The van der Waals surface area contributed by atoms with E-state index in [0.29, 0.717) is 0 Å². The monoisotopic (exact) mass is 270 g/mol. The van der Waals surface area contributed by atoms with E-state index in [1.54, 1.807) is 0 Å². The first-order valence-electron chi connectivity index (χ1n) is 5.30. The van der Waals surface area contributed by atoms with Crippen LogP contribution in [0.3, 0.4) is 0 Å². The summed E-state index contributed by atoms with van der Waals surface area (Å²) in [6.45, 7) is 0. The lowest BCUT2D eigenvalue weighted by molar-refractivity contribution is -0.383. The van der Waals surface area contributed by atoms with E-state index in [9.17, 15) is 23.3 Å². The molecule has 0 heterocycles. The minimum absolute atomic E-state index is 0.140. The Bertz CT molecular complexity index is 640. The molecule has 0 saturated carbocycles. The van der Waals surface area contributed by atoms with Crippen molar-refractivity contribution in [2.24, 2.45) is 5.73 Å². The minimum Gasteiger partial charge on any atom is -0.316 e. The van der Waals surface area contributed by atoms with Crippen molar-refractivity contribution in [1.82, 2.24) is 0 Å². The predicted octanol–water partition coefficient (Wildman–Crippen LogP) is 3.31. The Morgan fingerprint density at radius 3 is 2.26 bits per heavy atom. The van der Waals surface area contributed by atoms with E-state index in [0.717, 1.165) is 0 Å². The van der Waals surface area contributed by atoms with Crippen LogP contribution in [0.4, 0.5) is 18.9 Å². The van der Waals surface area contributed by atoms with Crippen LogP contribution in [0.5, 0.6) is 0 Å². The molecule has 0 aliphatic rings. The van der Waals surface area contributed by atoms with Gasteiger partial charge >= 0.3 is 6.18 Å². The summed E-state index contributed by atoms with van der Waals surface area (Å²) in [4.78, 5) is 10.2. The number of rotatable bonds is 2. The fourth-order valence-electron chi connectivity index (χ4n) is 1.92. The lowest BCUT2D eigenvalue weighted by Gasteiger charge is -2.17. The summed E-state index contributed by atoms with van der Waals surface area (Å²) in [5, 5.41) is 11.1. The highest BCUT2D eigenvalue weighted by atomic mass is 19.4. The first kappa shape index (κ1) is 13.3. The van der Waals surface area contributed by atoms with E-state index in [-0.39, 0.29) is 22.0 Å². The third-order valence-electron chi connectivity index (χ3n) is 2.82. The van der Waals surface area contributed by atoms with Gasteiger partial charge in [0, 0.05) is 6.07 Å². The number of hydrogen-bond acceptors (Lipinski definition) is 3. The summed E-state index contributed by atoms with van der Waals surface area (Å²) in [6, 6.07) is 5.76. The molecule has 0 amide bonds. The van der Waals surface area contributed by atoms with Crippen LogP contribution in [0.2, 0.25) is 0 Å². The Morgan fingerprint density at radius 1 is 1.11 bits per heavy atom. The summed E-state index contributed by atoms with van der Waals surface area (Å²) in [5.74, 6) is 0. The van der Waals surface area contributed by atoms with Crippen molar-refractivity contribution in [2.75, 3.05) is 0 Å². The van der Waals surface area contributed by atoms with Gasteiger partial charge in [-0.2, -0.15) is 13.2 Å². The maximum atomic E-state index is 12.7. The van der Waals surface area contributed by atoms with Crippen molar-refractivity contribution in [3.05, 3.63) is 52.1 Å². The summed E-state index contributed by atoms with van der Waals surface area (Å²) in [5.41, 5.74) is 4.76. The molecule has 2 aromatic rings. The number of nitrogens with zero attached hydrogens (tertiary/aromatic N) is 1. The third kappa shape index (κ3) is 2.37. The van der Waals surface area contributed by atoms with Crippen molar-refractivity contribution in [3.8, 4) is 0 Å². The summed E-state index contributed by atoms with van der Waals surface area (Å²) >= 11 is 0. The van der Waals surface area contributed by atoms with Crippen molar-refractivity contribution < 1.29 is 18.1 Å². The molecule has 0 aliphatic heterocycles. The van der Waals surface area contributed by atoms with Crippen molar-refractivity contribution in [1.29, 1.82) is 0 Å². The van der Waals surface area contributed by atoms with E-state index in [4.69, 9.17) is 5.73 Å². The molecule has 0 aromatic heterocycles. The number of fused-ring (bicyclic) bond motifs is 1. The number of halogens is 3. The highest BCUT2D eigenvalue weighted by Crippen LogP contribution is 2.36. The molecule has 2 N–H and O–H groups in total. The normalized spacial score (nSPS) is 13.5. The Kier molecular flexibility index (Phi) is 3.15. The van der Waals surface area contributed by atoms with Gasteiger partial charge in [0.05, 0.1) is 10.3 Å². The topological polar surface area (TPSA) is 69.2 Å². The molecular formula is C12H9F3N2O2. The van der Waals surface area contributed by atoms with Crippen LogP contribution in [0.1, 0.15) is 11.6 Å². The molecule has 0 bridgehead atoms. The van der Waals surface area contributed by atoms with Gasteiger partial charge in [0.25, 0.3) is 5.69 Å². The first-order chi connectivity index (χ1) is 8.82. The maximum Gasteiger partial charge on any atom is 0.407 e. The molecular weight excluding hydrogens is 261 g/mol. The van der Waals surface area contributed by atoms with Gasteiger partial charge in [0.15, 0.2) is 0 Å². The van der Waals surface area contributed by atoms with Crippen LogP contribution >= 0.6 is 0 Å². The fourth-order valence-corrected chi connectivity index (χ4v) is 1.92. The average Bonchev–Trinajstić information content (AvgIpc) is 2.35. The summed E-state index contributed by atoms with van der Waals surface area (Å²) in [6.07, 6.45) is -4.60. The van der Waals surface area contributed by atoms with E-state index < -0.39 is 17.1 Å². The Balaban J connectivity index is 2.72. The van der Waals surface area contributed by atoms with Gasteiger partial charge in [0.1, 0.15) is 6.04 Å². The van der Waals surface area contributed by atoms with Crippen LogP contribution in [0.25, 0.3) is 10.8 Å². The third-order valence-corrected chi connectivity index (χ3v) is 2.82. The second-order valence-electron chi connectivity index (χ2n) is 4.00. The zero-order chi connectivity index (χ0) is 14.2. The number of alkyl halides is 3. The van der Waals surface area contributed by atoms with Gasteiger partial charge in [-0.25, -0.2) is 0 Å². The van der Waals surface area contributed by atoms with Gasteiger partial charge in [-0.05, 0) is 17.0 Å². The minimum atomic E-state index is -4.60. The molecule has 0 spiro atoms. The average molecular weight is 270 g/mol. The molecule has 4 nitrogen and oxygen atoms in total. The molecule has 0 unspecified atom stereocenters. The Labute approximate surface area is 105 Å². The van der Waals surface area contributed by atoms with E-state index in [2.05, 4.69) is 0 Å². The molecule has 0 aliphatic carbocycles. The van der Waals surface area contributed by atoms with Crippen molar-refractivity contribution >= 4 is 16.5 Å². The van der Waals surface area contributed by atoms with Gasteiger partial charge in [-0.1, -0.05) is 24.3 Å². The van der Waals surface area contributed by atoms with Crippen LogP contribution in [0.15, 0.2) is 36.4 Å². The van der Waals surface area contributed by atoms with Crippen molar-refractivity contribution in [3.63, 3.8) is 0 Å².